The summed E-state index contributed by atoms with van der Waals surface area (Å²) in [5.41, 5.74) is 8.11. The molecule has 154 valence electrons. The molecule has 1 aliphatic heterocycles. The highest BCUT2D eigenvalue weighted by molar-refractivity contribution is 5.91. The lowest BCUT2D eigenvalue weighted by Gasteiger charge is -2.39. The molecule has 6 heteroatoms. The summed E-state index contributed by atoms with van der Waals surface area (Å²) in [6.45, 7) is 1.08. The first-order valence-corrected chi connectivity index (χ1v) is 10.4. The molecule has 2 heterocycles. The number of hydrogen-bond acceptors (Lipinski definition) is 4. The topological polar surface area (TPSA) is 88.3 Å². The summed E-state index contributed by atoms with van der Waals surface area (Å²) in [7, 11) is 0. The Balaban J connectivity index is 1.27. The molecule has 0 radical (unpaired) electrons. The van der Waals surface area contributed by atoms with Gasteiger partial charge in [-0.05, 0) is 47.9 Å². The average Bonchev–Trinajstić information content (AvgIpc) is 2.72. The number of anilines is 1. The van der Waals surface area contributed by atoms with E-state index in [2.05, 4.69) is 22.4 Å². The zero-order valence-corrected chi connectivity index (χ0v) is 16.9. The maximum atomic E-state index is 12.6. The number of aryl methyl sites for hydroxylation is 1. The molecule has 2 amide bonds. The van der Waals surface area contributed by atoms with Gasteiger partial charge in [0.1, 0.15) is 11.9 Å². The van der Waals surface area contributed by atoms with Gasteiger partial charge in [-0.2, -0.15) is 0 Å². The molecular weight excluding hydrogens is 376 g/mol. The van der Waals surface area contributed by atoms with E-state index in [1.165, 1.54) is 5.56 Å². The highest BCUT2D eigenvalue weighted by atomic mass is 16.2. The van der Waals surface area contributed by atoms with Gasteiger partial charge in [0.25, 0.3) is 0 Å². The summed E-state index contributed by atoms with van der Waals surface area (Å²) in [4.78, 5) is 30.9. The first-order chi connectivity index (χ1) is 14.6. The molecule has 0 saturated carbocycles. The zero-order valence-electron chi connectivity index (χ0n) is 16.9. The Morgan fingerprint density at radius 1 is 1.10 bits per heavy atom. The van der Waals surface area contributed by atoms with Gasteiger partial charge < -0.3 is 16.0 Å². The van der Waals surface area contributed by atoms with Gasteiger partial charge in [0, 0.05) is 31.1 Å². The van der Waals surface area contributed by atoms with Crippen LogP contribution in [0.4, 0.5) is 5.82 Å². The second-order valence-electron chi connectivity index (χ2n) is 7.70. The summed E-state index contributed by atoms with van der Waals surface area (Å²) < 4.78 is 0. The predicted octanol–water partition coefficient (Wildman–Crippen LogP) is 3.06. The van der Waals surface area contributed by atoms with E-state index < -0.39 is 0 Å². The van der Waals surface area contributed by atoms with Gasteiger partial charge >= 0.3 is 0 Å². The van der Waals surface area contributed by atoms with Gasteiger partial charge in [-0.3, -0.25) is 9.59 Å². The normalized spacial score (nSPS) is 15.6. The van der Waals surface area contributed by atoms with E-state index in [0.717, 1.165) is 35.6 Å². The monoisotopic (exact) mass is 402 g/mol. The Labute approximate surface area is 176 Å². The molecular formula is C24H26N4O2. The average molecular weight is 402 g/mol. The molecule has 2 aromatic carbocycles. The molecule has 30 heavy (non-hydrogen) atoms. The van der Waals surface area contributed by atoms with Gasteiger partial charge in [-0.25, -0.2) is 4.98 Å². The summed E-state index contributed by atoms with van der Waals surface area (Å²) in [5.74, 6) is 0.469. The number of nitrogens with zero attached hydrogens (tertiary/aromatic N) is 2. The summed E-state index contributed by atoms with van der Waals surface area (Å²) >= 11 is 0. The minimum atomic E-state index is -0.352. The maximum absolute atomic E-state index is 12.6. The molecule has 1 aromatic heterocycles. The summed E-state index contributed by atoms with van der Waals surface area (Å²) in [5, 5.41) is 4.86. The molecule has 1 saturated heterocycles. The second-order valence-corrected chi connectivity index (χ2v) is 7.70. The van der Waals surface area contributed by atoms with E-state index in [1.807, 2.05) is 42.5 Å². The number of aromatic nitrogens is 1. The fourth-order valence-corrected chi connectivity index (χ4v) is 3.86. The fraction of sp³-hybridized carbons (Fsp3) is 0.292. The van der Waals surface area contributed by atoms with Crippen molar-refractivity contribution in [2.75, 3.05) is 12.3 Å². The highest BCUT2D eigenvalue weighted by Crippen LogP contribution is 2.22. The number of nitrogens with two attached hydrogens (primary N) is 1. The van der Waals surface area contributed by atoms with Crippen molar-refractivity contribution in [2.24, 2.45) is 0 Å². The SMILES string of the molecule is Nc1nccc2cc(CNC(=O)C3CCN3C(=O)CCCc3ccccc3)ccc12. The number of rotatable bonds is 7. The Bertz CT molecular complexity index is 1050. The number of nitrogens with one attached hydrogen (secondary N) is 1. The van der Waals surface area contributed by atoms with Crippen molar-refractivity contribution in [3.63, 3.8) is 0 Å². The van der Waals surface area contributed by atoms with Gasteiger partial charge in [0.15, 0.2) is 0 Å². The van der Waals surface area contributed by atoms with Crippen molar-refractivity contribution in [1.29, 1.82) is 0 Å². The Kier molecular flexibility index (Phi) is 5.93. The fourth-order valence-electron chi connectivity index (χ4n) is 3.86. The van der Waals surface area contributed by atoms with E-state index in [9.17, 15) is 9.59 Å². The number of likely N-dealkylation sites (tertiary alicyclic amines) is 1. The van der Waals surface area contributed by atoms with Crippen LogP contribution >= 0.6 is 0 Å². The van der Waals surface area contributed by atoms with Crippen LogP contribution < -0.4 is 11.1 Å². The molecule has 1 aliphatic rings. The molecule has 0 bridgehead atoms. The van der Waals surface area contributed by atoms with Crippen LogP contribution in [0.15, 0.2) is 60.8 Å². The number of nitrogen functional groups attached to an aromatic ring is 1. The van der Waals surface area contributed by atoms with Crippen molar-refractivity contribution in [1.82, 2.24) is 15.2 Å². The number of carbonyl (C=O) groups excluding carboxylic acids is 2. The molecule has 1 unspecified atom stereocenters. The Morgan fingerprint density at radius 2 is 1.93 bits per heavy atom. The maximum Gasteiger partial charge on any atom is 0.243 e. The number of carbonyl (C=O) groups is 2. The van der Waals surface area contributed by atoms with Crippen LogP contribution in [0.25, 0.3) is 10.8 Å². The Hall–Kier alpha value is -3.41. The molecule has 1 atom stereocenters. The standard InChI is InChI=1S/C24H26N4O2/c25-23-20-10-9-18(15-19(20)11-13-26-23)16-27-24(30)21-12-14-28(21)22(29)8-4-7-17-5-2-1-3-6-17/h1-3,5-6,9-11,13,15,21H,4,7-8,12,14,16H2,(H2,25,26)(H,27,30). The summed E-state index contributed by atoms with van der Waals surface area (Å²) in [6.07, 6.45) is 4.53. The molecule has 6 nitrogen and oxygen atoms in total. The third-order valence-corrected chi connectivity index (χ3v) is 5.67. The van der Waals surface area contributed by atoms with Gasteiger partial charge in [-0.1, -0.05) is 42.5 Å². The van der Waals surface area contributed by atoms with Crippen LogP contribution in [0.5, 0.6) is 0 Å². The van der Waals surface area contributed by atoms with Gasteiger partial charge in [0.05, 0.1) is 0 Å². The van der Waals surface area contributed by atoms with Crippen LogP contribution in [-0.2, 0) is 22.6 Å². The van der Waals surface area contributed by atoms with E-state index in [0.29, 0.717) is 25.3 Å². The molecule has 4 rings (SSSR count). The third-order valence-electron chi connectivity index (χ3n) is 5.67. The predicted molar refractivity (Wildman–Crippen MR) is 118 cm³/mol. The van der Waals surface area contributed by atoms with Crippen molar-refractivity contribution < 1.29 is 9.59 Å². The lowest BCUT2D eigenvalue weighted by molar-refractivity contribution is -0.147. The van der Waals surface area contributed by atoms with Crippen LogP contribution in [0.3, 0.4) is 0 Å². The molecule has 1 fully saturated rings. The number of hydrogen-bond donors (Lipinski definition) is 2. The molecule has 3 aromatic rings. The third kappa shape index (κ3) is 4.43. The first-order valence-electron chi connectivity index (χ1n) is 10.4. The number of benzene rings is 2. The van der Waals surface area contributed by atoms with E-state index in [-0.39, 0.29) is 17.9 Å². The van der Waals surface area contributed by atoms with Crippen LogP contribution in [0.1, 0.15) is 30.4 Å². The van der Waals surface area contributed by atoms with E-state index in [1.54, 1.807) is 11.1 Å². The van der Waals surface area contributed by atoms with Crippen molar-refractivity contribution in [3.05, 3.63) is 71.9 Å². The van der Waals surface area contributed by atoms with E-state index >= 15 is 0 Å². The van der Waals surface area contributed by atoms with Crippen LogP contribution in [0, 0.1) is 0 Å². The molecule has 3 N–H and O–H groups in total. The smallest absolute Gasteiger partial charge is 0.243 e. The minimum Gasteiger partial charge on any atom is -0.383 e. The second kappa shape index (κ2) is 8.95. The number of fused-ring (bicyclic) bond motifs is 1. The lowest BCUT2D eigenvalue weighted by atomic mass is 10.00. The number of amides is 2. The Morgan fingerprint density at radius 3 is 2.70 bits per heavy atom. The first kappa shape index (κ1) is 19.9. The highest BCUT2D eigenvalue weighted by Gasteiger charge is 2.36. The quantitative estimate of drug-likeness (QED) is 0.636. The van der Waals surface area contributed by atoms with Crippen LogP contribution in [-0.4, -0.2) is 34.3 Å². The van der Waals surface area contributed by atoms with E-state index in [4.69, 9.17) is 5.73 Å². The van der Waals surface area contributed by atoms with Gasteiger partial charge in [0.2, 0.25) is 11.8 Å². The van der Waals surface area contributed by atoms with Crippen molar-refractivity contribution >= 4 is 28.4 Å². The minimum absolute atomic E-state index is 0.0611. The van der Waals surface area contributed by atoms with Crippen molar-refractivity contribution in [2.45, 2.75) is 38.3 Å². The number of pyridine rings is 1. The molecule has 0 aliphatic carbocycles. The molecule has 0 spiro atoms. The lowest BCUT2D eigenvalue weighted by Crippen LogP contribution is -2.58. The summed E-state index contributed by atoms with van der Waals surface area (Å²) in [6, 6.07) is 17.6. The van der Waals surface area contributed by atoms with Crippen LogP contribution in [0.2, 0.25) is 0 Å². The zero-order chi connectivity index (χ0) is 20.9. The van der Waals surface area contributed by atoms with Gasteiger partial charge in [-0.15, -0.1) is 0 Å². The van der Waals surface area contributed by atoms with Crippen molar-refractivity contribution in [3.8, 4) is 0 Å². The largest absolute Gasteiger partial charge is 0.383 e.